The van der Waals surface area contributed by atoms with Crippen LogP contribution in [-0.4, -0.2) is 75.6 Å². The van der Waals surface area contributed by atoms with E-state index in [-0.39, 0.29) is 25.8 Å². The highest BCUT2D eigenvalue weighted by molar-refractivity contribution is 7.47. The zero-order valence-electron chi connectivity index (χ0n) is 48.9. The zero-order chi connectivity index (χ0) is 53.3. The van der Waals surface area contributed by atoms with Crippen molar-refractivity contribution in [2.75, 3.05) is 54.1 Å². The Balaban J connectivity index is 4.04. The van der Waals surface area contributed by atoms with E-state index >= 15 is 0 Å². The molecule has 2 unspecified atom stereocenters. The van der Waals surface area contributed by atoms with E-state index in [1.165, 1.54) is 212 Å². The highest BCUT2D eigenvalue weighted by Crippen LogP contribution is 2.43. The summed E-state index contributed by atoms with van der Waals surface area (Å²) in [5, 5.41) is 0. The Morgan fingerprint density at radius 3 is 1.12 bits per heavy atom. The predicted molar refractivity (Wildman–Crippen MR) is 316 cm³/mol. The van der Waals surface area contributed by atoms with Gasteiger partial charge in [-0.1, -0.05) is 254 Å². The fourth-order valence-electron chi connectivity index (χ4n) is 8.77. The molecule has 0 radical (unpaired) electrons. The predicted octanol–water partition coefficient (Wildman–Crippen LogP) is 20.0. The van der Waals surface area contributed by atoms with Gasteiger partial charge in [-0.05, 0) is 83.5 Å². The molecular weight excluding hydrogens is 926 g/mol. The van der Waals surface area contributed by atoms with Crippen molar-refractivity contribution < 1.29 is 37.3 Å². The van der Waals surface area contributed by atoms with E-state index in [0.29, 0.717) is 24.1 Å². The summed E-state index contributed by atoms with van der Waals surface area (Å²) in [6.45, 7) is 5.63. The maximum Gasteiger partial charge on any atom is 0.472 e. The van der Waals surface area contributed by atoms with E-state index in [1.807, 2.05) is 21.1 Å². The first-order valence-corrected chi connectivity index (χ1v) is 32.5. The molecule has 1 N–H and O–H groups in total. The molecule has 0 rings (SSSR count). The van der Waals surface area contributed by atoms with Gasteiger partial charge in [0.1, 0.15) is 19.3 Å². The van der Waals surface area contributed by atoms with Gasteiger partial charge in [-0.3, -0.25) is 13.8 Å². The van der Waals surface area contributed by atoms with Gasteiger partial charge in [-0.25, -0.2) is 4.57 Å². The van der Waals surface area contributed by atoms with Crippen LogP contribution in [0.1, 0.15) is 284 Å². The molecule has 0 aromatic heterocycles. The average Bonchev–Trinajstić information content (AvgIpc) is 3.35. The summed E-state index contributed by atoms with van der Waals surface area (Å²) in [6.07, 6.45) is 74.4. The normalized spacial score (nSPS) is 13.8. The topological polar surface area (TPSA) is 91.3 Å². The molecule has 0 saturated heterocycles. The van der Waals surface area contributed by atoms with E-state index in [2.05, 4.69) is 74.6 Å². The van der Waals surface area contributed by atoms with Crippen molar-refractivity contribution in [2.45, 2.75) is 290 Å². The number of hydrogen-bond donors (Lipinski definition) is 1. The highest BCUT2D eigenvalue weighted by Gasteiger charge is 2.26. The van der Waals surface area contributed by atoms with Crippen molar-refractivity contribution in [1.29, 1.82) is 0 Å². The van der Waals surface area contributed by atoms with Gasteiger partial charge in [0, 0.05) is 13.0 Å². The van der Waals surface area contributed by atoms with Crippen LogP contribution < -0.4 is 0 Å². The second-order valence-electron chi connectivity index (χ2n) is 22.1. The lowest BCUT2D eigenvalue weighted by atomic mass is 10.0. The monoisotopic (exact) mass is 1050 g/mol. The molecule has 0 spiro atoms. The third kappa shape index (κ3) is 60.9. The number of likely N-dealkylation sites (N-methyl/N-ethyl adjacent to an activating group) is 1. The number of ether oxygens (including phenoxy) is 2. The number of nitrogens with zero attached hydrogens (tertiary/aromatic N) is 1. The summed E-state index contributed by atoms with van der Waals surface area (Å²) in [4.78, 5) is 23.1. The first-order chi connectivity index (χ1) is 35.6. The fraction of sp³-hybridized carbons (Fsp3) is 0.828. The molecule has 0 bridgehead atoms. The Hall–Kier alpha value is -1.80. The van der Waals surface area contributed by atoms with Crippen LogP contribution in [0.15, 0.2) is 60.8 Å². The Morgan fingerprint density at radius 2 is 0.753 bits per heavy atom. The minimum Gasteiger partial charge on any atom is -0.457 e. The number of phosphoric ester groups is 1. The van der Waals surface area contributed by atoms with Crippen molar-refractivity contribution in [1.82, 2.24) is 0 Å². The summed E-state index contributed by atoms with van der Waals surface area (Å²) < 4.78 is 35.3. The molecule has 0 heterocycles. The molecule has 0 aromatic carbocycles. The lowest BCUT2D eigenvalue weighted by Crippen LogP contribution is -2.37. The van der Waals surface area contributed by atoms with Gasteiger partial charge in [0.15, 0.2) is 0 Å². The molecule has 2 atom stereocenters. The van der Waals surface area contributed by atoms with E-state index in [1.54, 1.807) is 0 Å². The SMILES string of the molecule is CCCCCCC/C=C\C/C=C\C/C=C\CCCCCCCCCCCCC(=O)OC(COCCCCCCCCCCCCCCCC/C=C\C/C=C\CCCCCCC)COP(=O)(O)OCC[N+](C)(C)C. The number of carbonyl (C=O) groups excluding carboxylic acids is 1. The molecular formula is C64H121NO7P+. The number of unbranched alkanes of at least 4 members (excludes halogenated alkanes) is 34. The van der Waals surface area contributed by atoms with Gasteiger partial charge in [-0.15, -0.1) is 0 Å². The van der Waals surface area contributed by atoms with Crippen molar-refractivity contribution in [3.63, 3.8) is 0 Å². The van der Waals surface area contributed by atoms with Crippen LogP contribution in [0.3, 0.4) is 0 Å². The van der Waals surface area contributed by atoms with E-state index in [9.17, 15) is 14.3 Å². The second-order valence-corrected chi connectivity index (χ2v) is 23.5. The summed E-state index contributed by atoms with van der Waals surface area (Å²) in [5.74, 6) is -0.315. The van der Waals surface area contributed by atoms with Crippen molar-refractivity contribution >= 4 is 13.8 Å². The first kappa shape index (κ1) is 71.2. The number of rotatable bonds is 58. The van der Waals surface area contributed by atoms with Crippen LogP contribution in [0.2, 0.25) is 0 Å². The minimum atomic E-state index is -4.29. The van der Waals surface area contributed by atoms with Crippen LogP contribution in [0.4, 0.5) is 0 Å². The van der Waals surface area contributed by atoms with Crippen molar-refractivity contribution in [3.05, 3.63) is 60.8 Å². The minimum absolute atomic E-state index is 0.0867. The van der Waals surface area contributed by atoms with Crippen molar-refractivity contribution in [3.8, 4) is 0 Å². The van der Waals surface area contributed by atoms with Gasteiger partial charge in [-0.2, -0.15) is 0 Å². The number of allylic oxidation sites excluding steroid dienone is 10. The highest BCUT2D eigenvalue weighted by atomic mass is 31.2. The Bertz CT molecular complexity index is 1350. The van der Waals surface area contributed by atoms with E-state index in [0.717, 1.165) is 51.4 Å². The summed E-state index contributed by atoms with van der Waals surface area (Å²) in [7, 11) is 1.67. The lowest BCUT2D eigenvalue weighted by Gasteiger charge is -2.24. The Kier molecular flexibility index (Phi) is 55.0. The van der Waals surface area contributed by atoms with Crippen LogP contribution in [0, 0.1) is 0 Å². The van der Waals surface area contributed by atoms with Gasteiger partial charge in [0.2, 0.25) is 0 Å². The van der Waals surface area contributed by atoms with Crippen LogP contribution >= 0.6 is 7.82 Å². The number of carbonyl (C=O) groups is 1. The van der Waals surface area contributed by atoms with Gasteiger partial charge in [0.25, 0.3) is 0 Å². The molecule has 73 heavy (non-hydrogen) atoms. The zero-order valence-corrected chi connectivity index (χ0v) is 49.8. The van der Waals surface area contributed by atoms with Gasteiger partial charge < -0.3 is 18.9 Å². The van der Waals surface area contributed by atoms with E-state index < -0.39 is 13.9 Å². The average molecular weight is 1050 g/mol. The molecule has 0 aliphatic carbocycles. The molecule has 0 aromatic rings. The number of esters is 1. The molecule has 9 heteroatoms. The smallest absolute Gasteiger partial charge is 0.457 e. The fourth-order valence-corrected chi connectivity index (χ4v) is 9.51. The molecule has 0 aliphatic heterocycles. The number of phosphoric acid groups is 1. The summed E-state index contributed by atoms with van der Waals surface area (Å²) in [5.41, 5.74) is 0. The largest absolute Gasteiger partial charge is 0.472 e. The second kappa shape index (κ2) is 56.4. The third-order valence-electron chi connectivity index (χ3n) is 13.6. The Morgan fingerprint density at radius 1 is 0.425 bits per heavy atom. The molecule has 0 amide bonds. The molecule has 0 saturated carbocycles. The quantitative estimate of drug-likeness (QED) is 0.0213. The third-order valence-corrected chi connectivity index (χ3v) is 14.5. The van der Waals surface area contributed by atoms with Crippen LogP contribution in [-0.2, 0) is 27.9 Å². The van der Waals surface area contributed by atoms with Crippen molar-refractivity contribution in [2.24, 2.45) is 0 Å². The molecule has 0 aliphatic rings. The molecule has 428 valence electrons. The van der Waals surface area contributed by atoms with Crippen LogP contribution in [0.25, 0.3) is 0 Å². The summed E-state index contributed by atoms with van der Waals surface area (Å²) in [6, 6.07) is 0. The molecule has 0 fully saturated rings. The number of quaternary nitrogens is 1. The standard InChI is InChI=1S/C64H120NO7P/c1-6-8-10-12-14-16-18-20-22-24-26-28-30-32-34-36-38-40-42-44-46-48-50-52-54-56-59-69-61-63(62-71-73(67,68)70-60-58-65(3,4)5)72-64(66)57-55-53-51-49-47-45-43-41-39-37-35-33-31-29-27-25-23-21-19-17-15-13-11-9-7-2/h18-21,24-27,31,33,63H,6-17,22-23,28-30,32,34-62H2,1-5H3/p+1/b20-18-,21-19-,26-24-,27-25-,33-31-. The number of hydrogen-bond acceptors (Lipinski definition) is 6. The maximum atomic E-state index is 12.8. The first-order valence-electron chi connectivity index (χ1n) is 31.0. The van der Waals surface area contributed by atoms with Gasteiger partial charge in [0.05, 0.1) is 34.4 Å². The van der Waals surface area contributed by atoms with Crippen LogP contribution in [0.5, 0.6) is 0 Å². The summed E-state index contributed by atoms with van der Waals surface area (Å²) >= 11 is 0. The Labute approximate surface area is 453 Å². The maximum absolute atomic E-state index is 12.8. The van der Waals surface area contributed by atoms with E-state index in [4.69, 9.17) is 18.5 Å². The lowest BCUT2D eigenvalue weighted by molar-refractivity contribution is -0.870. The molecule has 8 nitrogen and oxygen atoms in total. The van der Waals surface area contributed by atoms with Gasteiger partial charge >= 0.3 is 13.8 Å².